The Kier molecular flexibility index (Phi) is 15.9. The van der Waals surface area contributed by atoms with Gasteiger partial charge in [0.2, 0.25) is 0 Å². The van der Waals surface area contributed by atoms with Crippen molar-refractivity contribution in [1.82, 2.24) is 0 Å². The molecule has 0 bridgehead atoms. The number of Topliss-reactive ketones (excluding diaryl/α,β-unsaturated/α-hetero) is 1. The van der Waals surface area contributed by atoms with Crippen LogP contribution in [-0.2, 0) is 42.8 Å². The second-order valence-corrected chi connectivity index (χ2v) is 12.0. The van der Waals surface area contributed by atoms with Crippen molar-refractivity contribution >= 4 is 52.2 Å². The van der Waals surface area contributed by atoms with E-state index in [1.54, 1.807) is 60.7 Å². The molecule has 276 valence electrons. The summed E-state index contributed by atoms with van der Waals surface area (Å²) in [5, 5.41) is 0.646. The highest BCUT2D eigenvalue weighted by Gasteiger charge is 2.19. The molecule has 0 fully saturated rings. The van der Waals surface area contributed by atoms with E-state index in [9.17, 15) is 28.8 Å². The second-order valence-electron chi connectivity index (χ2n) is 10.8. The first kappa shape index (κ1) is 40.1. The second kappa shape index (κ2) is 21.0. The summed E-state index contributed by atoms with van der Waals surface area (Å²) < 4.78 is 36.7. The maximum atomic E-state index is 13.0. The van der Waals surface area contributed by atoms with Crippen LogP contribution in [0.2, 0.25) is 0 Å². The molecule has 0 spiro atoms. The molecule has 13 nitrogen and oxygen atoms in total. The molecule has 0 amide bonds. The predicted octanol–water partition coefficient (Wildman–Crippen LogP) is 4.78. The van der Waals surface area contributed by atoms with Crippen molar-refractivity contribution in [3.63, 3.8) is 0 Å². The summed E-state index contributed by atoms with van der Waals surface area (Å²) in [4.78, 5) is 74.4. The minimum absolute atomic E-state index is 0.00894. The average Bonchev–Trinajstić information content (AvgIpc) is 3.18. The van der Waals surface area contributed by atoms with Gasteiger partial charge in [0.25, 0.3) is 5.78 Å². The van der Waals surface area contributed by atoms with Crippen LogP contribution in [0.25, 0.3) is 11.0 Å². The Morgan fingerprint density at radius 3 is 1.83 bits per heavy atom. The van der Waals surface area contributed by atoms with Gasteiger partial charge in [-0.3, -0.25) is 9.59 Å². The lowest BCUT2D eigenvalue weighted by molar-refractivity contribution is -0.144. The van der Waals surface area contributed by atoms with Crippen molar-refractivity contribution in [3.05, 3.63) is 131 Å². The number of hydrogen-bond acceptors (Lipinski definition) is 14. The molecule has 0 aliphatic rings. The van der Waals surface area contributed by atoms with Crippen molar-refractivity contribution in [3.8, 4) is 0 Å². The summed E-state index contributed by atoms with van der Waals surface area (Å²) in [6, 6.07) is 21.6. The summed E-state index contributed by atoms with van der Waals surface area (Å²) in [6.45, 7) is 6.58. The quantitative estimate of drug-likeness (QED) is 0.0205. The molecule has 0 aliphatic carbocycles. The molecule has 0 radical (unpaired) electrons. The molecule has 0 N–H and O–H groups in total. The van der Waals surface area contributed by atoms with Crippen LogP contribution in [-0.4, -0.2) is 88.4 Å². The molecule has 1 atom stereocenters. The summed E-state index contributed by atoms with van der Waals surface area (Å²) >= 11 is 1.37. The summed E-state index contributed by atoms with van der Waals surface area (Å²) in [7, 11) is 0. The smallest absolute Gasteiger partial charge is 0.379 e. The number of ether oxygens (including phenoxy) is 6. The zero-order chi connectivity index (χ0) is 38.0. The van der Waals surface area contributed by atoms with Crippen LogP contribution >= 0.6 is 11.8 Å². The van der Waals surface area contributed by atoms with E-state index in [1.165, 1.54) is 30.0 Å². The lowest BCUT2D eigenvalue weighted by Crippen LogP contribution is -2.29. The Hall–Kier alpha value is -5.67. The number of rotatable bonds is 22. The number of hydrogen-bond donors (Lipinski definition) is 0. The number of carbonyl (C=O) groups is 5. The Morgan fingerprint density at radius 2 is 1.23 bits per heavy atom. The van der Waals surface area contributed by atoms with Crippen LogP contribution in [0.15, 0.2) is 123 Å². The molecule has 1 heterocycles. The van der Waals surface area contributed by atoms with Gasteiger partial charge in [-0.25, -0.2) is 19.2 Å². The fourth-order valence-electron chi connectivity index (χ4n) is 4.49. The lowest BCUT2D eigenvalue weighted by Gasteiger charge is -2.18. The van der Waals surface area contributed by atoms with Gasteiger partial charge in [0.15, 0.2) is 5.78 Å². The van der Waals surface area contributed by atoms with E-state index in [4.69, 9.17) is 32.8 Å². The van der Waals surface area contributed by atoms with E-state index in [-0.39, 0.29) is 64.0 Å². The van der Waals surface area contributed by atoms with Gasteiger partial charge >= 0.3 is 23.5 Å². The van der Waals surface area contributed by atoms with Crippen molar-refractivity contribution in [2.45, 2.75) is 15.9 Å². The van der Waals surface area contributed by atoms with Crippen LogP contribution in [0, 0.1) is 0 Å². The summed E-state index contributed by atoms with van der Waals surface area (Å²) in [5.41, 5.74) is 0.103. The highest BCUT2D eigenvalue weighted by molar-refractivity contribution is 7.99. The molecular formula is C39H36O13S. The summed E-state index contributed by atoms with van der Waals surface area (Å²) in [5.74, 6) is -3.51. The lowest BCUT2D eigenvalue weighted by atomic mass is 10.0. The molecule has 53 heavy (non-hydrogen) atoms. The maximum absolute atomic E-state index is 13.0. The van der Waals surface area contributed by atoms with Gasteiger partial charge in [-0.1, -0.05) is 43.1 Å². The Bertz CT molecular complexity index is 1970. The number of para-hydroxylation sites is 1. The highest BCUT2D eigenvalue weighted by Crippen LogP contribution is 2.28. The molecule has 1 unspecified atom stereocenters. The zero-order valence-corrected chi connectivity index (χ0v) is 29.3. The van der Waals surface area contributed by atoms with E-state index in [2.05, 4.69) is 13.2 Å². The zero-order valence-electron chi connectivity index (χ0n) is 28.5. The van der Waals surface area contributed by atoms with Gasteiger partial charge in [-0.2, -0.15) is 0 Å². The molecule has 0 saturated carbocycles. The average molecular weight is 745 g/mol. The molecular weight excluding hydrogens is 708 g/mol. The van der Waals surface area contributed by atoms with Gasteiger partial charge in [0.1, 0.15) is 37.1 Å². The third-order valence-electron chi connectivity index (χ3n) is 7.09. The molecule has 14 heteroatoms. The first-order chi connectivity index (χ1) is 25.7. The first-order valence-corrected chi connectivity index (χ1v) is 17.0. The minimum Gasteiger partial charge on any atom is -0.460 e. The molecule has 4 aromatic rings. The largest absolute Gasteiger partial charge is 0.460 e. The number of carbonyl (C=O) groups excluding carboxylic acids is 5. The Morgan fingerprint density at radius 1 is 0.679 bits per heavy atom. The topological polar surface area (TPSA) is 171 Å². The van der Waals surface area contributed by atoms with Gasteiger partial charge in [0.05, 0.1) is 33.0 Å². The van der Waals surface area contributed by atoms with Crippen LogP contribution in [0.3, 0.4) is 0 Å². The fraction of sp³-hybridized carbons (Fsp3) is 0.231. The summed E-state index contributed by atoms with van der Waals surface area (Å²) in [6.07, 6.45) is 1.47. The van der Waals surface area contributed by atoms with Crippen molar-refractivity contribution < 1.29 is 56.8 Å². The van der Waals surface area contributed by atoms with Crippen LogP contribution in [0.4, 0.5) is 0 Å². The van der Waals surface area contributed by atoms with Gasteiger partial charge < -0.3 is 32.8 Å². The van der Waals surface area contributed by atoms with Gasteiger partial charge in [-0.05, 0) is 60.7 Å². The third kappa shape index (κ3) is 12.8. The molecule has 0 aliphatic heterocycles. The number of ketones is 2. The Balaban J connectivity index is 1.20. The van der Waals surface area contributed by atoms with Crippen molar-refractivity contribution in [2.75, 3.05) is 52.9 Å². The monoisotopic (exact) mass is 744 g/mol. The van der Waals surface area contributed by atoms with E-state index >= 15 is 0 Å². The third-order valence-corrected chi connectivity index (χ3v) is 8.11. The predicted molar refractivity (Wildman–Crippen MR) is 192 cm³/mol. The maximum Gasteiger partial charge on any atom is 0.379 e. The van der Waals surface area contributed by atoms with Crippen LogP contribution < -0.4 is 5.63 Å². The van der Waals surface area contributed by atoms with E-state index in [1.807, 2.05) is 0 Å². The van der Waals surface area contributed by atoms with E-state index < -0.39 is 41.2 Å². The fourth-order valence-corrected chi connectivity index (χ4v) is 5.30. The van der Waals surface area contributed by atoms with E-state index in [0.29, 0.717) is 16.5 Å². The number of esters is 3. The highest BCUT2D eigenvalue weighted by atomic mass is 32.2. The SMILES string of the molecule is C=CC(=O)OCCOCC(COCCOC(=O)C(=O)c1ccc(Sc2ccc(C(=O)c3cc4ccccc4oc3=O)cc2)cc1)OCCOC(=O)C=C. The Labute approximate surface area is 308 Å². The van der Waals surface area contributed by atoms with Crippen LogP contribution in [0.1, 0.15) is 26.3 Å². The minimum atomic E-state index is -1.05. The molecule has 3 aromatic carbocycles. The van der Waals surface area contributed by atoms with Crippen molar-refractivity contribution in [2.24, 2.45) is 0 Å². The number of benzene rings is 3. The van der Waals surface area contributed by atoms with Gasteiger partial charge in [-0.15, -0.1) is 0 Å². The molecule has 0 saturated heterocycles. The van der Waals surface area contributed by atoms with E-state index in [0.717, 1.165) is 21.9 Å². The van der Waals surface area contributed by atoms with Crippen LogP contribution in [0.5, 0.6) is 0 Å². The first-order valence-electron chi connectivity index (χ1n) is 16.2. The molecule has 1 aromatic heterocycles. The number of fused-ring (bicyclic) bond motifs is 1. The standard InChI is InChI=1S/C39H36O13S/c1-3-34(40)49-19-17-46-24-29(48-21-22-50-35(41)4-2)25-47-18-20-51-39(45)37(43)27-11-15-31(16-12-27)53-30-13-9-26(10-14-30)36(42)32-23-28-7-5-6-8-33(28)52-38(32)44/h3-16,23,29H,1-2,17-22,24-25H2. The molecule has 4 rings (SSSR count). The van der Waals surface area contributed by atoms with Gasteiger partial charge in [0, 0.05) is 38.5 Å². The van der Waals surface area contributed by atoms with Crippen molar-refractivity contribution in [1.29, 1.82) is 0 Å². The normalized spacial score (nSPS) is 11.3.